The van der Waals surface area contributed by atoms with E-state index in [0.717, 1.165) is 39.5 Å². The third kappa shape index (κ3) is 5.35. The van der Waals surface area contributed by atoms with Crippen LogP contribution in [0.4, 0.5) is 39.8 Å². The number of nitrogens with zero attached hydrogens (tertiary/aromatic N) is 4. The van der Waals surface area contributed by atoms with Gasteiger partial charge in [0.05, 0.1) is 23.9 Å². The molecule has 10 rings (SSSR count). The van der Waals surface area contributed by atoms with Gasteiger partial charge in [-0.3, -0.25) is 0 Å². The largest absolute Gasteiger partial charge is 0.312 e. The molecule has 268 valence electrons. The van der Waals surface area contributed by atoms with Gasteiger partial charge in [-0.05, 0) is 122 Å². The molecule has 0 N–H and O–H groups in total. The molecule has 0 unspecified atom stereocenters. The van der Waals surface area contributed by atoms with Gasteiger partial charge in [0.15, 0.2) is 5.69 Å². The molecule has 0 aromatic heterocycles. The van der Waals surface area contributed by atoms with Crippen molar-refractivity contribution in [1.82, 2.24) is 0 Å². The SMILES string of the molecule is [C-]#[N+]c1cccc(N(c2ccccc2)c2ccc3c4c(c5ccccc5c3c2)-c2cc(N(c3ccccc3)c3cccc(C#N)c3)c3ccccc3c2C4(C)C)c1. The summed E-state index contributed by atoms with van der Waals surface area (Å²) in [7, 11) is 0. The zero-order chi connectivity index (χ0) is 38.7. The minimum atomic E-state index is -0.339. The number of nitriles is 1. The Bertz CT molecular complexity index is 3130. The Morgan fingerprint density at radius 3 is 1.74 bits per heavy atom. The lowest BCUT2D eigenvalue weighted by Gasteiger charge is -2.30. The summed E-state index contributed by atoms with van der Waals surface area (Å²) in [4.78, 5) is 8.30. The monoisotopic (exact) mass is 728 g/mol. The minimum absolute atomic E-state index is 0.339. The van der Waals surface area contributed by atoms with E-state index in [0.29, 0.717) is 11.3 Å². The van der Waals surface area contributed by atoms with Gasteiger partial charge in [-0.25, -0.2) is 4.85 Å². The average Bonchev–Trinajstić information content (AvgIpc) is 3.51. The van der Waals surface area contributed by atoms with Crippen LogP contribution in [0.5, 0.6) is 0 Å². The molecular weight excluding hydrogens is 693 g/mol. The predicted molar refractivity (Wildman–Crippen MR) is 237 cm³/mol. The molecule has 0 saturated carbocycles. The number of para-hydroxylation sites is 2. The van der Waals surface area contributed by atoms with Crippen molar-refractivity contribution in [2.45, 2.75) is 19.3 Å². The van der Waals surface area contributed by atoms with E-state index in [1.807, 2.05) is 48.5 Å². The number of anilines is 6. The summed E-state index contributed by atoms with van der Waals surface area (Å²) >= 11 is 0. The predicted octanol–water partition coefficient (Wildman–Crippen LogP) is 14.8. The van der Waals surface area contributed by atoms with Gasteiger partial charge in [-0.1, -0.05) is 123 Å². The standard InChI is InChI=1S/C53H36N4/c1-53(2)51-45-27-13-11-25-43(45)49(57(38-20-8-5-9-21-38)39-22-14-16-35(30-39)34-54)33-48(51)50-44-26-12-10-24-42(44)47-32-41(28-29-46(47)52(50)53)56(37-18-6-4-7-19-37)40-23-15-17-36(31-40)55-3/h4-33H,1-2H3. The highest BCUT2D eigenvalue weighted by Crippen LogP contribution is 2.59. The van der Waals surface area contributed by atoms with Crippen molar-refractivity contribution >= 4 is 72.1 Å². The maximum atomic E-state index is 9.94. The summed E-state index contributed by atoms with van der Waals surface area (Å²) in [6, 6.07) is 65.8. The van der Waals surface area contributed by atoms with Gasteiger partial charge >= 0.3 is 0 Å². The fourth-order valence-corrected chi connectivity index (χ4v) is 9.23. The van der Waals surface area contributed by atoms with Crippen LogP contribution >= 0.6 is 0 Å². The van der Waals surface area contributed by atoms with E-state index in [1.165, 1.54) is 49.2 Å². The van der Waals surface area contributed by atoms with Gasteiger partial charge in [0.25, 0.3) is 0 Å². The first kappa shape index (κ1) is 33.9. The number of hydrogen-bond donors (Lipinski definition) is 0. The van der Waals surface area contributed by atoms with E-state index in [1.54, 1.807) is 0 Å². The number of fused-ring (bicyclic) bond motifs is 10. The molecule has 0 radical (unpaired) electrons. The Morgan fingerprint density at radius 2 is 1.04 bits per heavy atom. The van der Waals surface area contributed by atoms with Gasteiger partial charge in [0.2, 0.25) is 0 Å². The third-order valence-electron chi connectivity index (χ3n) is 11.5. The number of rotatable bonds is 6. The summed E-state index contributed by atoms with van der Waals surface area (Å²) in [6.45, 7) is 12.5. The van der Waals surface area contributed by atoms with E-state index in [4.69, 9.17) is 6.57 Å². The summed E-state index contributed by atoms with van der Waals surface area (Å²) in [5.41, 5.74) is 12.0. The summed E-state index contributed by atoms with van der Waals surface area (Å²) < 4.78 is 0. The van der Waals surface area contributed by atoms with E-state index >= 15 is 0 Å². The molecule has 0 spiro atoms. The lowest BCUT2D eigenvalue weighted by Crippen LogP contribution is -2.17. The van der Waals surface area contributed by atoms with Crippen LogP contribution in [0.1, 0.15) is 30.5 Å². The first-order chi connectivity index (χ1) is 28.0. The average molecular weight is 729 g/mol. The van der Waals surface area contributed by atoms with Gasteiger partial charge in [0, 0.05) is 39.2 Å². The first-order valence-electron chi connectivity index (χ1n) is 19.2. The van der Waals surface area contributed by atoms with Crippen LogP contribution < -0.4 is 9.80 Å². The second-order valence-corrected chi connectivity index (χ2v) is 15.2. The Kier molecular flexibility index (Phi) is 7.89. The van der Waals surface area contributed by atoms with Crippen molar-refractivity contribution in [3.63, 3.8) is 0 Å². The second kappa shape index (κ2) is 13.3. The molecule has 9 aromatic rings. The smallest absolute Gasteiger partial charge is 0.189 e. The molecule has 57 heavy (non-hydrogen) atoms. The van der Waals surface area contributed by atoms with Crippen LogP contribution in [-0.4, -0.2) is 0 Å². The molecule has 0 fully saturated rings. The number of benzene rings is 9. The Morgan fingerprint density at radius 1 is 0.474 bits per heavy atom. The van der Waals surface area contributed by atoms with Crippen LogP contribution in [0.15, 0.2) is 182 Å². The quantitative estimate of drug-likeness (QED) is 0.126. The molecule has 0 aliphatic heterocycles. The van der Waals surface area contributed by atoms with Crippen LogP contribution in [0.25, 0.3) is 48.3 Å². The van der Waals surface area contributed by atoms with Crippen molar-refractivity contribution in [2.75, 3.05) is 9.80 Å². The van der Waals surface area contributed by atoms with Crippen molar-refractivity contribution < 1.29 is 0 Å². The van der Waals surface area contributed by atoms with E-state index in [2.05, 4.69) is 168 Å². The fraction of sp³-hybridized carbons (Fsp3) is 0.0566. The molecule has 4 nitrogen and oxygen atoms in total. The van der Waals surface area contributed by atoms with Crippen molar-refractivity contribution in [1.29, 1.82) is 5.26 Å². The fourth-order valence-electron chi connectivity index (χ4n) is 9.23. The van der Waals surface area contributed by atoms with Gasteiger partial charge < -0.3 is 9.80 Å². The molecule has 4 heteroatoms. The Balaban J connectivity index is 1.27. The number of hydrogen-bond acceptors (Lipinski definition) is 3. The van der Waals surface area contributed by atoms with Crippen molar-refractivity contribution in [2.24, 2.45) is 0 Å². The Hall–Kier alpha value is -7.66. The zero-order valence-electron chi connectivity index (χ0n) is 31.6. The van der Waals surface area contributed by atoms with Crippen LogP contribution in [0.2, 0.25) is 0 Å². The van der Waals surface area contributed by atoms with E-state index in [-0.39, 0.29) is 5.41 Å². The lowest BCUT2D eigenvalue weighted by atomic mass is 9.77. The molecule has 1 aliphatic rings. The minimum Gasteiger partial charge on any atom is -0.312 e. The van der Waals surface area contributed by atoms with Crippen LogP contribution in [0.3, 0.4) is 0 Å². The molecule has 0 amide bonds. The molecule has 1 aliphatic carbocycles. The summed E-state index contributed by atoms with van der Waals surface area (Å²) in [6.07, 6.45) is 0. The highest BCUT2D eigenvalue weighted by Gasteiger charge is 2.41. The summed E-state index contributed by atoms with van der Waals surface area (Å²) in [5.74, 6) is 0. The van der Waals surface area contributed by atoms with Crippen LogP contribution in [0, 0.1) is 17.9 Å². The molecule has 0 atom stereocenters. The van der Waals surface area contributed by atoms with E-state index in [9.17, 15) is 5.26 Å². The topological polar surface area (TPSA) is 34.6 Å². The molecule has 0 saturated heterocycles. The normalized spacial score (nSPS) is 12.5. The zero-order valence-corrected chi connectivity index (χ0v) is 31.6. The lowest BCUT2D eigenvalue weighted by molar-refractivity contribution is 0.672. The highest BCUT2D eigenvalue weighted by atomic mass is 15.1. The Labute approximate surface area is 332 Å². The molecular formula is C53H36N4. The van der Waals surface area contributed by atoms with Crippen LogP contribution in [-0.2, 0) is 5.41 Å². The maximum absolute atomic E-state index is 9.94. The van der Waals surface area contributed by atoms with Crippen molar-refractivity contribution in [3.8, 4) is 17.2 Å². The maximum Gasteiger partial charge on any atom is 0.189 e. The van der Waals surface area contributed by atoms with Gasteiger partial charge in [-0.15, -0.1) is 0 Å². The summed E-state index contributed by atoms with van der Waals surface area (Å²) in [5, 5.41) is 17.1. The first-order valence-corrected chi connectivity index (χ1v) is 19.2. The molecule has 0 heterocycles. The third-order valence-corrected chi connectivity index (χ3v) is 11.5. The highest BCUT2D eigenvalue weighted by molar-refractivity contribution is 6.21. The molecule has 0 bridgehead atoms. The molecule has 9 aromatic carbocycles. The van der Waals surface area contributed by atoms with Gasteiger partial charge in [0.1, 0.15) is 0 Å². The second-order valence-electron chi connectivity index (χ2n) is 15.2. The van der Waals surface area contributed by atoms with Crippen molar-refractivity contribution in [3.05, 3.63) is 210 Å². The van der Waals surface area contributed by atoms with E-state index < -0.39 is 0 Å². The van der Waals surface area contributed by atoms with Gasteiger partial charge in [-0.2, -0.15) is 5.26 Å².